The fraction of sp³-hybridized carbons (Fsp3) is 0.625. The molecule has 1 heteroatoms. The van der Waals surface area contributed by atoms with Gasteiger partial charge in [-0.3, -0.25) is 0 Å². The number of nitrogens with one attached hydrogen (secondary N) is 1. The number of benzene rings is 1. The van der Waals surface area contributed by atoms with Crippen molar-refractivity contribution in [1.82, 2.24) is 5.32 Å². The van der Waals surface area contributed by atoms with Gasteiger partial charge in [0.25, 0.3) is 0 Å². The van der Waals surface area contributed by atoms with Gasteiger partial charge >= 0.3 is 0 Å². The number of hydrogen-bond donors (Lipinski definition) is 1. The summed E-state index contributed by atoms with van der Waals surface area (Å²) in [5.41, 5.74) is 1.47. The molecule has 0 aliphatic heterocycles. The van der Waals surface area contributed by atoms with Crippen LogP contribution in [0.25, 0.3) is 0 Å². The summed E-state index contributed by atoms with van der Waals surface area (Å²) in [5, 5.41) is 3.59. The summed E-state index contributed by atoms with van der Waals surface area (Å²) in [6.07, 6.45) is 7.05. The molecule has 1 aliphatic carbocycles. The Balaban J connectivity index is 1.55. The summed E-state index contributed by atoms with van der Waals surface area (Å²) in [6, 6.07) is 10.8. The van der Waals surface area contributed by atoms with Gasteiger partial charge in [-0.05, 0) is 43.3 Å². The van der Waals surface area contributed by atoms with Gasteiger partial charge in [0.1, 0.15) is 0 Å². The van der Waals surface area contributed by atoms with Gasteiger partial charge in [-0.1, -0.05) is 56.5 Å². The predicted molar refractivity (Wildman–Crippen MR) is 74.3 cm³/mol. The van der Waals surface area contributed by atoms with Crippen molar-refractivity contribution in [2.45, 2.75) is 44.9 Å². The second-order valence-corrected chi connectivity index (χ2v) is 5.44. The minimum absolute atomic E-state index is 0.674. The molecule has 1 atom stereocenters. The Morgan fingerprint density at radius 2 is 1.94 bits per heavy atom. The molecule has 0 aromatic heterocycles. The van der Waals surface area contributed by atoms with Crippen molar-refractivity contribution < 1.29 is 0 Å². The molecule has 1 saturated carbocycles. The summed E-state index contributed by atoms with van der Waals surface area (Å²) >= 11 is 0. The fourth-order valence-electron chi connectivity index (χ4n) is 2.48. The Bertz CT molecular complexity index is 303. The summed E-state index contributed by atoms with van der Waals surface area (Å²) < 4.78 is 0. The molecule has 1 aromatic rings. The SMILES string of the molecule is CC(CCNCCC1CCC1)c1ccccc1. The quantitative estimate of drug-likeness (QED) is 0.700. The first-order valence-electron chi connectivity index (χ1n) is 7.12. The first kappa shape index (κ1) is 12.6. The highest BCUT2D eigenvalue weighted by Gasteiger charge is 2.16. The van der Waals surface area contributed by atoms with Crippen molar-refractivity contribution in [2.24, 2.45) is 5.92 Å². The van der Waals surface area contributed by atoms with Crippen molar-refractivity contribution in [3.8, 4) is 0 Å². The van der Waals surface area contributed by atoms with Gasteiger partial charge in [0.15, 0.2) is 0 Å². The molecule has 1 aliphatic rings. The Morgan fingerprint density at radius 3 is 2.59 bits per heavy atom. The molecule has 1 nitrogen and oxygen atoms in total. The van der Waals surface area contributed by atoms with E-state index in [0.29, 0.717) is 5.92 Å². The molecule has 1 aromatic carbocycles. The first-order chi connectivity index (χ1) is 8.36. The highest BCUT2D eigenvalue weighted by atomic mass is 14.8. The molecule has 1 fully saturated rings. The third kappa shape index (κ3) is 4.16. The molecule has 0 radical (unpaired) electrons. The second kappa shape index (κ2) is 6.80. The summed E-state index contributed by atoms with van der Waals surface area (Å²) in [6.45, 7) is 4.69. The van der Waals surface area contributed by atoms with Crippen molar-refractivity contribution in [1.29, 1.82) is 0 Å². The zero-order valence-corrected chi connectivity index (χ0v) is 11.0. The molecule has 17 heavy (non-hydrogen) atoms. The van der Waals surface area contributed by atoms with Crippen LogP contribution in [0.15, 0.2) is 30.3 Å². The lowest BCUT2D eigenvalue weighted by molar-refractivity contribution is 0.292. The zero-order valence-electron chi connectivity index (χ0n) is 11.0. The Morgan fingerprint density at radius 1 is 1.18 bits per heavy atom. The van der Waals surface area contributed by atoms with Gasteiger partial charge < -0.3 is 5.32 Å². The molecule has 0 bridgehead atoms. The van der Waals surface area contributed by atoms with Crippen LogP contribution in [0.3, 0.4) is 0 Å². The summed E-state index contributed by atoms with van der Waals surface area (Å²) in [5.74, 6) is 1.71. The van der Waals surface area contributed by atoms with Crippen LogP contribution in [0, 0.1) is 5.92 Å². The molecule has 0 amide bonds. The van der Waals surface area contributed by atoms with Gasteiger partial charge in [-0.25, -0.2) is 0 Å². The third-order valence-corrected chi connectivity index (χ3v) is 4.08. The van der Waals surface area contributed by atoms with E-state index in [1.807, 2.05) is 0 Å². The molecule has 1 unspecified atom stereocenters. The van der Waals surface area contributed by atoms with Gasteiger partial charge in [0.05, 0.1) is 0 Å². The van der Waals surface area contributed by atoms with Gasteiger partial charge in [-0.15, -0.1) is 0 Å². The van der Waals surface area contributed by atoms with Crippen LogP contribution in [-0.2, 0) is 0 Å². The maximum atomic E-state index is 3.59. The van der Waals surface area contributed by atoms with Crippen LogP contribution in [0.1, 0.15) is 50.5 Å². The lowest BCUT2D eigenvalue weighted by Crippen LogP contribution is -2.23. The first-order valence-corrected chi connectivity index (χ1v) is 7.12. The van der Waals surface area contributed by atoms with Crippen LogP contribution in [-0.4, -0.2) is 13.1 Å². The Hall–Kier alpha value is -0.820. The van der Waals surface area contributed by atoms with Gasteiger partial charge in [0.2, 0.25) is 0 Å². The Kier molecular flexibility index (Phi) is 5.06. The minimum atomic E-state index is 0.674. The normalized spacial score (nSPS) is 17.7. The third-order valence-electron chi connectivity index (χ3n) is 4.08. The highest BCUT2D eigenvalue weighted by Crippen LogP contribution is 2.28. The highest BCUT2D eigenvalue weighted by molar-refractivity contribution is 5.18. The topological polar surface area (TPSA) is 12.0 Å². The molecule has 1 N–H and O–H groups in total. The number of hydrogen-bond acceptors (Lipinski definition) is 1. The van der Waals surface area contributed by atoms with Gasteiger partial charge in [-0.2, -0.15) is 0 Å². The Labute approximate surface area is 106 Å². The van der Waals surface area contributed by atoms with Crippen LogP contribution < -0.4 is 5.32 Å². The van der Waals surface area contributed by atoms with E-state index in [-0.39, 0.29) is 0 Å². The molecular weight excluding hydrogens is 206 g/mol. The largest absolute Gasteiger partial charge is 0.317 e. The van der Waals surface area contributed by atoms with Crippen molar-refractivity contribution in [2.75, 3.05) is 13.1 Å². The second-order valence-electron chi connectivity index (χ2n) is 5.44. The summed E-state index contributed by atoms with van der Waals surface area (Å²) in [4.78, 5) is 0. The van der Waals surface area contributed by atoms with Crippen molar-refractivity contribution in [3.05, 3.63) is 35.9 Å². The van der Waals surface area contributed by atoms with E-state index in [0.717, 1.165) is 12.5 Å². The standard InChI is InChI=1S/C16H25N/c1-14(16-8-3-2-4-9-16)10-12-17-13-11-15-6-5-7-15/h2-4,8-9,14-15,17H,5-7,10-13H2,1H3. The van der Waals surface area contributed by atoms with Gasteiger partial charge in [0, 0.05) is 0 Å². The van der Waals surface area contributed by atoms with E-state index < -0.39 is 0 Å². The lowest BCUT2D eigenvalue weighted by Gasteiger charge is -2.25. The maximum absolute atomic E-state index is 3.59. The molecule has 0 saturated heterocycles. The average Bonchev–Trinajstić information content (AvgIpc) is 2.32. The minimum Gasteiger partial charge on any atom is -0.317 e. The van der Waals surface area contributed by atoms with Crippen LogP contribution >= 0.6 is 0 Å². The van der Waals surface area contributed by atoms with Crippen molar-refractivity contribution in [3.63, 3.8) is 0 Å². The monoisotopic (exact) mass is 231 g/mol. The molecule has 0 heterocycles. The smallest absolute Gasteiger partial charge is 0.00432 e. The van der Waals surface area contributed by atoms with Crippen LogP contribution in [0.4, 0.5) is 0 Å². The van der Waals surface area contributed by atoms with E-state index in [9.17, 15) is 0 Å². The number of rotatable bonds is 7. The average molecular weight is 231 g/mol. The van der Waals surface area contributed by atoms with Crippen LogP contribution in [0.5, 0.6) is 0 Å². The molecular formula is C16H25N. The summed E-state index contributed by atoms with van der Waals surface area (Å²) in [7, 11) is 0. The predicted octanol–water partition coefficient (Wildman–Crippen LogP) is 3.96. The molecule has 2 rings (SSSR count). The van der Waals surface area contributed by atoms with E-state index in [1.54, 1.807) is 0 Å². The zero-order chi connectivity index (χ0) is 11.9. The van der Waals surface area contributed by atoms with E-state index in [2.05, 4.69) is 42.6 Å². The maximum Gasteiger partial charge on any atom is -0.00432 e. The molecule has 0 spiro atoms. The molecule has 94 valence electrons. The van der Waals surface area contributed by atoms with E-state index in [1.165, 1.54) is 44.2 Å². The van der Waals surface area contributed by atoms with Crippen LogP contribution in [0.2, 0.25) is 0 Å². The van der Waals surface area contributed by atoms with E-state index in [4.69, 9.17) is 0 Å². The lowest BCUT2D eigenvalue weighted by atomic mass is 9.83. The fourth-order valence-corrected chi connectivity index (χ4v) is 2.48. The van der Waals surface area contributed by atoms with Crippen molar-refractivity contribution >= 4 is 0 Å². The van der Waals surface area contributed by atoms with E-state index >= 15 is 0 Å².